The third-order valence-electron chi connectivity index (χ3n) is 9.55. The van der Waals surface area contributed by atoms with Gasteiger partial charge in [-0.3, -0.25) is 19.2 Å². The molecule has 11 heteroatoms. The Kier molecular flexibility index (Phi) is 11.7. The van der Waals surface area contributed by atoms with E-state index >= 15 is 0 Å². The van der Waals surface area contributed by atoms with Gasteiger partial charge in [0.15, 0.2) is 0 Å². The van der Waals surface area contributed by atoms with Crippen LogP contribution in [-0.4, -0.2) is 72.6 Å². The van der Waals surface area contributed by atoms with Gasteiger partial charge >= 0.3 is 29.8 Å². The van der Waals surface area contributed by atoms with Gasteiger partial charge in [0.1, 0.15) is 30.5 Å². The molecule has 252 valence electrons. The van der Waals surface area contributed by atoms with Gasteiger partial charge in [-0.15, -0.1) is 0 Å². The summed E-state index contributed by atoms with van der Waals surface area (Å²) in [4.78, 5) is 63.1. The second-order valence-corrected chi connectivity index (χ2v) is 13.3. The largest absolute Gasteiger partial charge is 0.462 e. The molecular formula is C34H50O11. The smallest absolute Gasteiger partial charge is 0.331 e. The van der Waals surface area contributed by atoms with Gasteiger partial charge in [0.05, 0.1) is 24.0 Å². The topological polar surface area (TPSA) is 144 Å². The number of hydrogen-bond acceptors (Lipinski definition) is 11. The van der Waals surface area contributed by atoms with Crippen molar-refractivity contribution in [1.82, 2.24) is 0 Å². The summed E-state index contributed by atoms with van der Waals surface area (Å²) in [6.45, 7) is 21.5. The van der Waals surface area contributed by atoms with Gasteiger partial charge in [0.25, 0.3) is 0 Å². The average Bonchev–Trinajstić information content (AvgIpc) is 3.61. The van der Waals surface area contributed by atoms with Crippen molar-refractivity contribution < 1.29 is 52.4 Å². The molecule has 0 aromatic rings. The lowest BCUT2D eigenvalue weighted by Crippen LogP contribution is -2.48. The van der Waals surface area contributed by atoms with Crippen LogP contribution in [0.3, 0.4) is 0 Å². The van der Waals surface area contributed by atoms with Gasteiger partial charge in [-0.05, 0) is 63.5 Å². The number of epoxide rings is 1. The number of rotatable bonds is 12. The van der Waals surface area contributed by atoms with Crippen LogP contribution in [0.1, 0.15) is 82.1 Å². The lowest BCUT2D eigenvalue weighted by Gasteiger charge is -2.44. The molecule has 45 heavy (non-hydrogen) atoms. The van der Waals surface area contributed by atoms with E-state index in [0.29, 0.717) is 30.6 Å². The van der Waals surface area contributed by atoms with Crippen LogP contribution in [0.15, 0.2) is 23.8 Å². The average molecular weight is 635 g/mol. The molecule has 0 spiro atoms. The van der Waals surface area contributed by atoms with Gasteiger partial charge < -0.3 is 28.4 Å². The summed E-state index contributed by atoms with van der Waals surface area (Å²) in [5, 5.41) is 0. The van der Waals surface area contributed by atoms with Crippen LogP contribution in [0.4, 0.5) is 0 Å². The first kappa shape index (κ1) is 36.3. The maximum atomic E-state index is 13.3. The van der Waals surface area contributed by atoms with Crippen molar-refractivity contribution in [3.63, 3.8) is 0 Å². The summed E-state index contributed by atoms with van der Waals surface area (Å²) in [6, 6.07) is 0. The highest BCUT2D eigenvalue weighted by atomic mass is 16.6. The molecule has 3 fully saturated rings. The first-order chi connectivity index (χ1) is 20.9. The standard InChI is InChI=1S/C34H50O11/c1-12-17(4)33(39)45-30-27-19(6)25(43-26(37)13-18(5)20(7)41-22(9)35)14-24(34(11)15-40-34)29(27)28(21(8)42-23(10)36)31(30)44-32(38)16(2)3/h13,16-17,20-21,24-25,27-31H,6,12,14-15H2,1-5,7-11H3. The SMILES string of the molecule is C=C1C(OC(=O)C=C(C)C(C)OC(C)=O)CC(C2(C)CO2)C2C1C(OC(=O)C(C)CC)C(OC(=O)C(C)C)C2C(C)OC(C)=O. The molecule has 2 aliphatic carbocycles. The number of hydrogen-bond donors (Lipinski definition) is 0. The normalized spacial score (nSPS) is 32.9. The fourth-order valence-electron chi connectivity index (χ4n) is 6.65. The molecule has 2 saturated carbocycles. The summed E-state index contributed by atoms with van der Waals surface area (Å²) in [7, 11) is 0. The minimum absolute atomic E-state index is 0.258. The van der Waals surface area contributed by atoms with Crippen molar-refractivity contribution in [3.05, 3.63) is 23.8 Å². The predicted molar refractivity (Wildman–Crippen MR) is 162 cm³/mol. The molecule has 3 aliphatic rings. The van der Waals surface area contributed by atoms with E-state index in [1.54, 1.807) is 41.5 Å². The summed E-state index contributed by atoms with van der Waals surface area (Å²) >= 11 is 0. The molecule has 3 rings (SSSR count). The molecule has 0 N–H and O–H groups in total. The molecular weight excluding hydrogens is 584 g/mol. The Morgan fingerprint density at radius 2 is 1.51 bits per heavy atom. The van der Waals surface area contributed by atoms with Crippen LogP contribution in [-0.2, 0) is 52.4 Å². The summed E-state index contributed by atoms with van der Waals surface area (Å²) in [5.41, 5.74) is 0.416. The van der Waals surface area contributed by atoms with Crippen molar-refractivity contribution in [2.75, 3.05) is 6.61 Å². The molecule has 11 nitrogen and oxygen atoms in total. The zero-order chi connectivity index (χ0) is 34.0. The van der Waals surface area contributed by atoms with Crippen LogP contribution in [0.5, 0.6) is 0 Å². The van der Waals surface area contributed by atoms with Crippen LogP contribution >= 0.6 is 0 Å². The highest BCUT2D eigenvalue weighted by Crippen LogP contribution is 2.60. The fraction of sp³-hybridized carbons (Fsp3) is 0.735. The van der Waals surface area contributed by atoms with Crippen molar-refractivity contribution in [2.45, 2.75) is 118 Å². The number of carbonyl (C=O) groups excluding carboxylic acids is 5. The van der Waals surface area contributed by atoms with Crippen molar-refractivity contribution in [3.8, 4) is 0 Å². The minimum Gasteiger partial charge on any atom is -0.462 e. The zero-order valence-corrected chi connectivity index (χ0v) is 28.2. The molecule has 1 aliphatic heterocycles. The lowest BCUT2D eigenvalue weighted by molar-refractivity contribution is -0.178. The van der Waals surface area contributed by atoms with Crippen LogP contribution in [0.25, 0.3) is 0 Å². The quantitative estimate of drug-likeness (QED) is 0.0984. The third kappa shape index (κ3) is 8.34. The van der Waals surface area contributed by atoms with Crippen molar-refractivity contribution in [1.29, 1.82) is 0 Å². The van der Waals surface area contributed by atoms with E-state index in [0.717, 1.165) is 0 Å². The number of ether oxygens (including phenoxy) is 6. The van der Waals surface area contributed by atoms with Gasteiger partial charge in [-0.2, -0.15) is 0 Å². The molecule has 1 heterocycles. The highest BCUT2D eigenvalue weighted by Gasteiger charge is 2.67. The highest BCUT2D eigenvalue weighted by molar-refractivity contribution is 5.83. The van der Waals surface area contributed by atoms with Gasteiger partial charge in [0.2, 0.25) is 0 Å². The van der Waals surface area contributed by atoms with Crippen molar-refractivity contribution in [2.24, 2.45) is 35.5 Å². The maximum Gasteiger partial charge on any atom is 0.331 e. The first-order valence-electron chi connectivity index (χ1n) is 15.9. The van der Waals surface area contributed by atoms with E-state index in [1.807, 2.05) is 13.8 Å². The second kappa shape index (κ2) is 14.5. The molecule has 0 aromatic heterocycles. The summed E-state index contributed by atoms with van der Waals surface area (Å²) in [5.74, 6) is -5.22. The monoisotopic (exact) mass is 634 g/mol. The molecule has 1 saturated heterocycles. The fourth-order valence-corrected chi connectivity index (χ4v) is 6.65. The Morgan fingerprint density at radius 3 is 2.02 bits per heavy atom. The van der Waals surface area contributed by atoms with E-state index in [9.17, 15) is 24.0 Å². The van der Waals surface area contributed by atoms with E-state index < -0.39 is 89.6 Å². The molecule has 0 bridgehead atoms. The number of fused-ring (bicyclic) bond motifs is 1. The predicted octanol–water partition coefficient (Wildman–Crippen LogP) is 4.50. The van der Waals surface area contributed by atoms with E-state index in [4.69, 9.17) is 28.4 Å². The van der Waals surface area contributed by atoms with Crippen molar-refractivity contribution >= 4 is 29.8 Å². The molecule has 11 unspecified atom stereocenters. The summed E-state index contributed by atoms with van der Waals surface area (Å²) < 4.78 is 35.1. The minimum atomic E-state index is -0.970. The van der Waals surface area contributed by atoms with Crippen LogP contribution in [0.2, 0.25) is 0 Å². The van der Waals surface area contributed by atoms with Gasteiger partial charge in [-0.1, -0.05) is 34.3 Å². The van der Waals surface area contributed by atoms with Gasteiger partial charge in [0, 0.05) is 31.8 Å². The van der Waals surface area contributed by atoms with E-state index in [-0.39, 0.29) is 11.8 Å². The molecule has 11 atom stereocenters. The molecule has 0 radical (unpaired) electrons. The second-order valence-electron chi connectivity index (χ2n) is 13.3. The van der Waals surface area contributed by atoms with Crippen LogP contribution in [0, 0.1) is 35.5 Å². The van der Waals surface area contributed by atoms with E-state index in [1.165, 1.54) is 19.9 Å². The Labute approximate surface area is 266 Å². The molecule has 0 aromatic carbocycles. The third-order valence-corrected chi connectivity index (χ3v) is 9.55. The zero-order valence-electron chi connectivity index (χ0n) is 28.2. The number of carbonyl (C=O) groups is 5. The number of esters is 5. The Bertz CT molecular complexity index is 1200. The lowest BCUT2D eigenvalue weighted by atomic mass is 9.62. The Hall–Kier alpha value is -3.21. The van der Waals surface area contributed by atoms with E-state index in [2.05, 4.69) is 6.58 Å². The van der Waals surface area contributed by atoms with Crippen LogP contribution < -0.4 is 0 Å². The molecule has 0 amide bonds. The van der Waals surface area contributed by atoms with Gasteiger partial charge in [-0.25, -0.2) is 4.79 Å². The summed E-state index contributed by atoms with van der Waals surface area (Å²) in [6.07, 6.45) is -1.89. The maximum absolute atomic E-state index is 13.3. The Balaban J connectivity index is 2.10. The Morgan fingerprint density at radius 1 is 0.933 bits per heavy atom. The first-order valence-corrected chi connectivity index (χ1v) is 15.9.